The number of hydrogen-bond acceptors (Lipinski definition) is 4. The molecule has 0 aromatic heterocycles. The normalized spacial score (nSPS) is 24.5. The Balaban J connectivity index is 2.38. The van der Waals surface area contributed by atoms with Crippen molar-refractivity contribution < 1.29 is 9.53 Å². The predicted octanol–water partition coefficient (Wildman–Crippen LogP) is 0.826. The van der Waals surface area contributed by atoms with Crippen LogP contribution in [0.2, 0.25) is 0 Å². The van der Waals surface area contributed by atoms with Crippen LogP contribution >= 0.6 is 0 Å². The highest BCUT2D eigenvalue weighted by molar-refractivity contribution is 5.82. The molecule has 2 unspecified atom stereocenters. The molecule has 0 aromatic rings. The summed E-state index contributed by atoms with van der Waals surface area (Å²) in [6, 6.07) is 2.08. The van der Waals surface area contributed by atoms with Crippen LogP contribution in [-0.4, -0.2) is 43.0 Å². The third-order valence-electron chi connectivity index (χ3n) is 2.84. The van der Waals surface area contributed by atoms with Gasteiger partial charge in [0, 0.05) is 19.0 Å². The van der Waals surface area contributed by atoms with Gasteiger partial charge in [0.1, 0.15) is 5.78 Å². The van der Waals surface area contributed by atoms with Crippen LogP contribution in [0.15, 0.2) is 0 Å². The number of hydrogen-bond donors (Lipinski definition) is 0. The molecule has 0 radical (unpaired) electrons. The van der Waals surface area contributed by atoms with E-state index in [1.54, 1.807) is 0 Å². The number of morpholine rings is 1. The molecule has 1 rings (SSSR count). The lowest BCUT2D eigenvalue weighted by molar-refractivity contribution is -0.125. The zero-order valence-electron chi connectivity index (χ0n) is 9.40. The molecule has 0 amide bonds. The summed E-state index contributed by atoms with van der Waals surface area (Å²) in [5, 5.41) is 8.71. The molecule has 84 valence electrons. The van der Waals surface area contributed by atoms with Crippen LogP contribution in [0.3, 0.4) is 0 Å². The van der Waals surface area contributed by atoms with Crippen LogP contribution in [0.5, 0.6) is 0 Å². The number of ether oxygens (including phenoxy) is 1. The molecule has 0 bridgehead atoms. The maximum absolute atomic E-state index is 11.7. The lowest BCUT2D eigenvalue weighted by atomic mass is 10.0. The maximum atomic E-state index is 11.7. The van der Waals surface area contributed by atoms with Crippen molar-refractivity contribution in [2.75, 3.05) is 26.2 Å². The number of rotatable bonds is 4. The minimum Gasteiger partial charge on any atom is -0.361 e. The first-order valence-corrected chi connectivity index (χ1v) is 5.43. The van der Waals surface area contributed by atoms with Gasteiger partial charge in [0.2, 0.25) is 0 Å². The average Bonchev–Trinajstić information content (AvgIpc) is 2.28. The second-order valence-electron chi connectivity index (χ2n) is 4.00. The first-order valence-electron chi connectivity index (χ1n) is 5.43. The van der Waals surface area contributed by atoms with Crippen molar-refractivity contribution in [1.82, 2.24) is 4.90 Å². The third-order valence-corrected chi connectivity index (χ3v) is 2.84. The van der Waals surface area contributed by atoms with Crippen LogP contribution in [0.4, 0.5) is 0 Å². The second kappa shape index (κ2) is 5.84. The molecule has 4 nitrogen and oxygen atoms in total. The van der Waals surface area contributed by atoms with Gasteiger partial charge in [-0.1, -0.05) is 13.8 Å². The Morgan fingerprint density at radius 2 is 2.47 bits per heavy atom. The summed E-state index contributed by atoms with van der Waals surface area (Å²) < 4.78 is 5.21. The fourth-order valence-corrected chi connectivity index (χ4v) is 1.53. The van der Waals surface area contributed by atoms with E-state index in [2.05, 4.69) is 6.07 Å². The fourth-order valence-electron chi connectivity index (χ4n) is 1.53. The van der Waals surface area contributed by atoms with Crippen molar-refractivity contribution >= 4 is 5.78 Å². The van der Waals surface area contributed by atoms with E-state index < -0.39 is 0 Å². The molecule has 1 saturated heterocycles. The van der Waals surface area contributed by atoms with Crippen molar-refractivity contribution in [3.05, 3.63) is 0 Å². The number of carbonyl (C=O) groups excluding carboxylic acids is 1. The molecule has 1 aliphatic rings. The molecule has 15 heavy (non-hydrogen) atoms. The summed E-state index contributed by atoms with van der Waals surface area (Å²) in [6.45, 7) is 6.27. The van der Waals surface area contributed by atoms with Gasteiger partial charge < -0.3 is 4.74 Å². The van der Waals surface area contributed by atoms with E-state index in [0.717, 1.165) is 13.0 Å². The highest BCUT2D eigenvalue weighted by Gasteiger charge is 2.22. The Hall–Kier alpha value is -0.920. The van der Waals surface area contributed by atoms with E-state index in [-0.39, 0.29) is 17.8 Å². The molecule has 0 N–H and O–H groups in total. The van der Waals surface area contributed by atoms with Crippen LogP contribution in [0, 0.1) is 17.2 Å². The summed E-state index contributed by atoms with van der Waals surface area (Å²) >= 11 is 0. The fraction of sp³-hybridized carbons (Fsp3) is 0.818. The SMILES string of the molecule is CCC(C)C(=O)CN1CCOC(C#N)C1. The van der Waals surface area contributed by atoms with Gasteiger partial charge in [0.15, 0.2) is 6.10 Å². The predicted molar refractivity (Wildman–Crippen MR) is 56.3 cm³/mol. The number of carbonyl (C=O) groups is 1. The molecule has 2 atom stereocenters. The molecule has 0 aromatic carbocycles. The van der Waals surface area contributed by atoms with Gasteiger partial charge in [0.05, 0.1) is 19.2 Å². The molecule has 1 heterocycles. The van der Waals surface area contributed by atoms with Crippen molar-refractivity contribution in [1.29, 1.82) is 5.26 Å². The van der Waals surface area contributed by atoms with E-state index in [1.807, 2.05) is 18.7 Å². The molecule has 0 spiro atoms. The molecule has 1 fully saturated rings. The van der Waals surface area contributed by atoms with Crippen LogP contribution in [-0.2, 0) is 9.53 Å². The third kappa shape index (κ3) is 3.61. The van der Waals surface area contributed by atoms with Gasteiger partial charge in [-0.3, -0.25) is 9.69 Å². The van der Waals surface area contributed by atoms with Gasteiger partial charge in [0.25, 0.3) is 0 Å². The van der Waals surface area contributed by atoms with Crippen molar-refractivity contribution in [2.24, 2.45) is 5.92 Å². The highest BCUT2D eigenvalue weighted by atomic mass is 16.5. The lowest BCUT2D eigenvalue weighted by Gasteiger charge is -2.29. The average molecular weight is 210 g/mol. The highest BCUT2D eigenvalue weighted by Crippen LogP contribution is 2.08. The summed E-state index contributed by atoms with van der Waals surface area (Å²) in [7, 11) is 0. The Labute approximate surface area is 90.8 Å². The van der Waals surface area contributed by atoms with Gasteiger partial charge in [-0.05, 0) is 6.42 Å². The molecular formula is C11H18N2O2. The summed E-state index contributed by atoms with van der Waals surface area (Å²) in [5.74, 6) is 0.379. The molecule has 4 heteroatoms. The minimum absolute atomic E-state index is 0.119. The van der Waals surface area contributed by atoms with Crippen LogP contribution < -0.4 is 0 Å². The Bertz CT molecular complexity index is 260. The molecular weight excluding hydrogens is 192 g/mol. The number of Topliss-reactive ketones (excluding diaryl/α,β-unsaturated/α-hetero) is 1. The summed E-state index contributed by atoms with van der Waals surface area (Å²) in [5.41, 5.74) is 0. The van der Waals surface area contributed by atoms with Crippen LogP contribution in [0.25, 0.3) is 0 Å². The van der Waals surface area contributed by atoms with Gasteiger partial charge in [-0.25, -0.2) is 0 Å². The van der Waals surface area contributed by atoms with Crippen molar-refractivity contribution in [3.8, 4) is 6.07 Å². The lowest BCUT2D eigenvalue weighted by Crippen LogP contribution is -2.44. The number of nitrogens with zero attached hydrogens (tertiary/aromatic N) is 2. The summed E-state index contributed by atoms with van der Waals surface area (Å²) in [4.78, 5) is 13.7. The first kappa shape index (κ1) is 12.2. The maximum Gasteiger partial charge on any atom is 0.156 e. The minimum atomic E-state index is -0.372. The first-order chi connectivity index (χ1) is 7.17. The zero-order valence-corrected chi connectivity index (χ0v) is 9.40. The van der Waals surface area contributed by atoms with E-state index in [9.17, 15) is 4.79 Å². The molecule has 0 aliphatic carbocycles. The quantitative estimate of drug-likeness (QED) is 0.689. The number of nitriles is 1. The van der Waals surface area contributed by atoms with Crippen LogP contribution in [0.1, 0.15) is 20.3 Å². The van der Waals surface area contributed by atoms with Crippen molar-refractivity contribution in [3.63, 3.8) is 0 Å². The van der Waals surface area contributed by atoms with Crippen molar-refractivity contribution in [2.45, 2.75) is 26.4 Å². The Kier molecular flexibility index (Phi) is 4.73. The zero-order chi connectivity index (χ0) is 11.3. The standard InChI is InChI=1S/C11H18N2O2/c1-3-9(2)11(14)8-13-4-5-15-10(6-12)7-13/h9-10H,3-5,7-8H2,1-2H3. The smallest absolute Gasteiger partial charge is 0.156 e. The van der Waals surface area contributed by atoms with Gasteiger partial charge >= 0.3 is 0 Å². The van der Waals surface area contributed by atoms with E-state index >= 15 is 0 Å². The summed E-state index contributed by atoms with van der Waals surface area (Å²) in [6.07, 6.45) is 0.508. The topological polar surface area (TPSA) is 53.3 Å². The Morgan fingerprint density at radius 3 is 3.07 bits per heavy atom. The van der Waals surface area contributed by atoms with E-state index in [4.69, 9.17) is 10.00 Å². The van der Waals surface area contributed by atoms with Gasteiger partial charge in [-0.15, -0.1) is 0 Å². The number of ketones is 1. The monoisotopic (exact) mass is 210 g/mol. The second-order valence-corrected chi connectivity index (χ2v) is 4.00. The van der Waals surface area contributed by atoms with Gasteiger partial charge in [-0.2, -0.15) is 5.26 Å². The molecule has 1 aliphatic heterocycles. The molecule has 0 saturated carbocycles. The Morgan fingerprint density at radius 1 is 1.73 bits per heavy atom. The van der Waals surface area contributed by atoms with E-state index in [1.165, 1.54) is 0 Å². The largest absolute Gasteiger partial charge is 0.361 e. The van der Waals surface area contributed by atoms with E-state index in [0.29, 0.717) is 19.7 Å².